The van der Waals surface area contributed by atoms with Crippen LogP contribution in [0.5, 0.6) is 0 Å². The van der Waals surface area contributed by atoms with E-state index in [0.717, 1.165) is 60.8 Å². The van der Waals surface area contributed by atoms with E-state index in [4.69, 9.17) is 4.98 Å². The van der Waals surface area contributed by atoms with Gasteiger partial charge in [-0.05, 0) is 43.0 Å². The molecule has 0 atom stereocenters. The van der Waals surface area contributed by atoms with E-state index in [1.54, 1.807) is 37.1 Å². The number of fused-ring (bicyclic) bond motifs is 2. The van der Waals surface area contributed by atoms with Gasteiger partial charge < -0.3 is 10.3 Å². The second-order valence-corrected chi connectivity index (χ2v) is 10.2. The highest BCUT2D eigenvalue weighted by Crippen LogP contribution is 2.35. The third-order valence-electron chi connectivity index (χ3n) is 6.84. The Bertz CT molecular complexity index is 1790. The van der Waals surface area contributed by atoms with Crippen molar-refractivity contribution < 1.29 is 4.39 Å². The molecule has 0 bridgehead atoms. The van der Waals surface area contributed by atoms with Crippen LogP contribution in [0.15, 0.2) is 67.5 Å². The Balaban J connectivity index is 1.26. The van der Waals surface area contributed by atoms with Crippen LogP contribution in [0.1, 0.15) is 19.3 Å². The molecule has 6 aromatic heterocycles. The maximum Gasteiger partial charge on any atom is 0.176 e. The average Bonchev–Trinajstić information content (AvgIpc) is 3.60. The number of H-pyrrole nitrogens is 2. The van der Waals surface area contributed by atoms with E-state index in [1.165, 1.54) is 25.3 Å². The Labute approximate surface area is 214 Å². The number of rotatable bonds is 6. The molecule has 6 heterocycles. The van der Waals surface area contributed by atoms with Gasteiger partial charge in [0.2, 0.25) is 0 Å². The number of anilines is 1. The second kappa shape index (κ2) is 8.59. The van der Waals surface area contributed by atoms with Gasteiger partial charge in [0.15, 0.2) is 11.0 Å². The van der Waals surface area contributed by atoms with E-state index >= 15 is 0 Å². The molecule has 3 N–H and O–H groups in total. The SMILES string of the molecule is C=C(Nc1cncc(-c2cc3c(-c4nc5c(-c6ccc(F)s6)cncc5[nH]4)n[nH]c3cn2)c1)C1CCC1. The molecule has 0 aromatic carbocycles. The van der Waals surface area contributed by atoms with Crippen molar-refractivity contribution in [2.75, 3.05) is 5.32 Å². The molecule has 7 rings (SSSR count). The first-order valence-electron chi connectivity index (χ1n) is 12.0. The first-order valence-corrected chi connectivity index (χ1v) is 12.8. The molecule has 1 aliphatic rings. The molecule has 6 aromatic rings. The normalized spacial score (nSPS) is 13.8. The molecule has 10 heteroatoms. The Kier molecular flexibility index (Phi) is 5.07. The van der Waals surface area contributed by atoms with E-state index in [2.05, 4.69) is 42.0 Å². The van der Waals surface area contributed by atoms with Crippen molar-refractivity contribution >= 4 is 39.0 Å². The highest BCUT2D eigenvalue weighted by molar-refractivity contribution is 7.14. The minimum atomic E-state index is -0.248. The summed E-state index contributed by atoms with van der Waals surface area (Å²) in [6.07, 6.45) is 12.4. The summed E-state index contributed by atoms with van der Waals surface area (Å²) in [7, 11) is 0. The standard InChI is InChI=1S/C27H21FN8S/c1-14(15-3-2-4-15)32-17-7-16(9-29-10-17)20-8-18-21(13-31-20)35-36-26(18)27-33-22-12-30-11-19(25(22)34-27)23-5-6-24(28)37-23/h5-13,15,32H,1-4H2,(H,33,34)(H,35,36). The lowest BCUT2D eigenvalue weighted by atomic mass is 9.83. The van der Waals surface area contributed by atoms with Crippen molar-refractivity contribution in [1.29, 1.82) is 0 Å². The summed E-state index contributed by atoms with van der Waals surface area (Å²) in [5, 5.41) is 11.6. The van der Waals surface area contributed by atoms with Crippen molar-refractivity contribution in [3.63, 3.8) is 0 Å². The molecule has 0 radical (unpaired) electrons. The molecule has 37 heavy (non-hydrogen) atoms. The fourth-order valence-electron chi connectivity index (χ4n) is 4.63. The molecular formula is C27H21FN8S. The zero-order valence-electron chi connectivity index (χ0n) is 19.6. The summed E-state index contributed by atoms with van der Waals surface area (Å²) in [5.74, 6) is 1.13. The summed E-state index contributed by atoms with van der Waals surface area (Å²) in [6.45, 7) is 4.20. The molecule has 0 amide bonds. The van der Waals surface area contributed by atoms with Crippen LogP contribution in [-0.4, -0.2) is 35.1 Å². The Morgan fingerprint density at radius 2 is 1.95 bits per heavy atom. The van der Waals surface area contributed by atoms with Crippen LogP contribution in [0.3, 0.4) is 0 Å². The van der Waals surface area contributed by atoms with Gasteiger partial charge in [-0.2, -0.15) is 9.49 Å². The van der Waals surface area contributed by atoms with Crippen LogP contribution in [0, 0.1) is 11.0 Å². The number of hydrogen-bond donors (Lipinski definition) is 3. The number of nitrogens with one attached hydrogen (secondary N) is 3. The first kappa shape index (κ1) is 21.8. The molecule has 0 saturated heterocycles. The van der Waals surface area contributed by atoms with Crippen molar-refractivity contribution in [2.24, 2.45) is 5.92 Å². The van der Waals surface area contributed by atoms with Crippen molar-refractivity contribution in [1.82, 2.24) is 35.1 Å². The molecule has 0 unspecified atom stereocenters. The van der Waals surface area contributed by atoms with Crippen LogP contribution in [0.4, 0.5) is 10.1 Å². The lowest BCUT2D eigenvalue weighted by Crippen LogP contribution is -2.18. The maximum absolute atomic E-state index is 13.7. The highest BCUT2D eigenvalue weighted by atomic mass is 32.1. The summed E-state index contributed by atoms with van der Waals surface area (Å²) < 4.78 is 13.7. The van der Waals surface area contributed by atoms with Crippen molar-refractivity contribution in [3.05, 3.63) is 72.7 Å². The zero-order chi connectivity index (χ0) is 24.9. The zero-order valence-corrected chi connectivity index (χ0v) is 20.4. The quantitative estimate of drug-likeness (QED) is 0.235. The Morgan fingerprint density at radius 3 is 2.76 bits per heavy atom. The molecule has 1 saturated carbocycles. The molecule has 1 aliphatic carbocycles. The van der Waals surface area contributed by atoms with Crippen molar-refractivity contribution in [3.8, 4) is 33.2 Å². The van der Waals surface area contributed by atoms with Gasteiger partial charge in [-0.1, -0.05) is 13.0 Å². The second-order valence-electron chi connectivity index (χ2n) is 9.20. The predicted molar refractivity (Wildman–Crippen MR) is 143 cm³/mol. The van der Waals surface area contributed by atoms with Gasteiger partial charge in [-0.15, -0.1) is 11.3 Å². The maximum atomic E-state index is 13.7. The molecule has 182 valence electrons. The summed E-state index contributed by atoms with van der Waals surface area (Å²) in [4.78, 5) is 22.3. The molecule has 0 spiro atoms. The number of aromatic amines is 2. The molecule has 1 fully saturated rings. The summed E-state index contributed by atoms with van der Waals surface area (Å²) >= 11 is 1.07. The van der Waals surface area contributed by atoms with Crippen molar-refractivity contribution in [2.45, 2.75) is 19.3 Å². The van der Waals surface area contributed by atoms with Crippen LogP contribution >= 0.6 is 11.3 Å². The summed E-state index contributed by atoms with van der Waals surface area (Å²) in [5.41, 5.74) is 7.28. The smallest absolute Gasteiger partial charge is 0.176 e. The van der Waals surface area contributed by atoms with E-state index in [-0.39, 0.29) is 5.13 Å². The number of thiophene rings is 1. The molecular weight excluding hydrogens is 487 g/mol. The number of imidazole rings is 1. The largest absolute Gasteiger partial charge is 0.358 e. The van der Waals surface area contributed by atoms with Crippen LogP contribution in [-0.2, 0) is 0 Å². The number of allylic oxidation sites excluding steroid dienone is 1. The van der Waals surface area contributed by atoms with Gasteiger partial charge in [0.05, 0.1) is 41.0 Å². The lowest BCUT2D eigenvalue weighted by molar-refractivity contribution is 0.371. The Hall–Kier alpha value is -4.44. The minimum Gasteiger partial charge on any atom is -0.358 e. The number of halogens is 1. The third kappa shape index (κ3) is 3.86. The topological polar surface area (TPSA) is 108 Å². The van der Waals surface area contributed by atoms with E-state index < -0.39 is 0 Å². The Morgan fingerprint density at radius 1 is 1.05 bits per heavy atom. The lowest BCUT2D eigenvalue weighted by Gasteiger charge is -2.28. The fraction of sp³-hybridized carbons (Fsp3) is 0.148. The molecule has 0 aliphatic heterocycles. The minimum absolute atomic E-state index is 0.248. The van der Waals surface area contributed by atoms with Crippen LogP contribution < -0.4 is 5.32 Å². The van der Waals surface area contributed by atoms with Crippen LogP contribution in [0.2, 0.25) is 0 Å². The monoisotopic (exact) mass is 508 g/mol. The number of nitrogens with zero attached hydrogens (tertiary/aromatic N) is 5. The molecule has 8 nitrogen and oxygen atoms in total. The van der Waals surface area contributed by atoms with E-state index in [9.17, 15) is 4.39 Å². The van der Waals surface area contributed by atoms with Gasteiger partial charge in [-0.25, -0.2) is 4.98 Å². The number of hydrogen-bond acceptors (Lipinski definition) is 7. The van der Waals surface area contributed by atoms with Gasteiger partial charge in [0.25, 0.3) is 0 Å². The van der Waals surface area contributed by atoms with Gasteiger partial charge >= 0.3 is 0 Å². The van der Waals surface area contributed by atoms with E-state index in [1.807, 2.05) is 12.1 Å². The first-order chi connectivity index (χ1) is 18.1. The number of aromatic nitrogens is 7. The summed E-state index contributed by atoms with van der Waals surface area (Å²) in [6, 6.07) is 7.21. The number of pyridine rings is 3. The van der Waals surface area contributed by atoms with Crippen LogP contribution in [0.25, 0.3) is 55.2 Å². The third-order valence-corrected chi connectivity index (χ3v) is 7.75. The highest BCUT2D eigenvalue weighted by Gasteiger charge is 2.21. The van der Waals surface area contributed by atoms with Gasteiger partial charge in [0, 0.05) is 39.5 Å². The fourth-order valence-corrected chi connectivity index (χ4v) is 5.37. The van der Waals surface area contributed by atoms with Gasteiger partial charge in [0.1, 0.15) is 11.2 Å². The average molecular weight is 509 g/mol. The predicted octanol–water partition coefficient (Wildman–Crippen LogP) is 6.55. The van der Waals surface area contributed by atoms with E-state index in [0.29, 0.717) is 23.0 Å². The van der Waals surface area contributed by atoms with Gasteiger partial charge in [-0.3, -0.25) is 20.1 Å².